The van der Waals surface area contributed by atoms with Gasteiger partial charge in [-0.15, -0.1) is 0 Å². The summed E-state index contributed by atoms with van der Waals surface area (Å²) in [5.41, 5.74) is 5.43. The molecule has 30 heavy (non-hydrogen) atoms. The molecule has 4 aromatic rings. The molecular formula is C22H21N5O3. The number of hydrogen-bond donors (Lipinski definition) is 1. The normalized spacial score (nSPS) is 11.8. The average Bonchev–Trinajstić information content (AvgIpc) is 3.22. The summed E-state index contributed by atoms with van der Waals surface area (Å²) in [6.07, 6.45) is 4.17. The molecule has 2 heterocycles. The van der Waals surface area contributed by atoms with E-state index in [1.807, 2.05) is 54.0 Å². The number of imidazole rings is 1. The molecule has 0 bridgehead atoms. The number of amides is 1. The number of nitrogens with zero attached hydrogens (tertiary/aromatic N) is 4. The molecular weight excluding hydrogens is 382 g/mol. The van der Waals surface area contributed by atoms with Crippen LogP contribution in [0.4, 0.5) is 0 Å². The quantitative estimate of drug-likeness (QED) is 0.476. The van der Waals surface area contributed by atoms with E-state index in [0.717, 1.165) is 33.4 Å². The van der Waals surface area contributed by atoms with Gasteiger partial charge >= 0.3 is 6.01 Å². The van der Waals surface area contributed by atoms with Gasteiger partial charge in [-0.1, -0.05) is 18.2 Å². The van der Waals surface area contributed by atoms with Gasteiger partial charge in [-0.05, 0) is 42.3 Å². The summed E-state index contributed by atoms with van der Waals surface area (Å²) < 4.78 is 12.5. The van der Waals surface area contributed by atoms with Gasteiger partial charge in [0, 0.05) is 11.9 Å². The number of carbonyl (C=O) groups excluding carboxylic acids is 1. The van der Waals surface area contributed by atoms with Crippen LogP contribution < -0.4 is 14.8 Å². The lowest BCUT2D eigenvalue weighted by Crippen LogP contribution is -2.15. The Hall–Kier alpha value is -3.94. The Balaban J connectivity index is 1.74. The molecule has 0 unspecified atom stereocenters. The summed E-state index contributed by atoms with van der Waals surface area (Å²) in [7, 11) is 3.08. The van der Waals surface area contributed by atoms with Crippen LogP contribution in [0.3, 0.4) is 0 Å². The molecule has 0 saturated carbocycles. The topological polar surface area (TPSA) is 91.2 Å². The third-order valence-electron chi connectivity index (χ3n) is 4.93. The smallest absolute Gasteiger partial charge is 0.319 e. The van der Waals surface area contributed by atoms with Crippen molar-refractivity contribution in [2.24, 2.45) is 0 Å². The van der Waals surface area contributed by atoms with Gasteiger partial charge in [0.05, 0.1) is 36.9 Å². The zero-order valence-electron chi connectivity index (χ0n) is 16.9. The first-order valence-electron chi connectivity index (χ1n) is 9.37. The molecule has 2 aromatic heterocycles. The van der Waals surface area contributed by atoms with Crippen LogP contribution in [0, 0.1) is 0 Å². The highest BCUT2D eigenvalue weighted by Gasteiger charge is 2.13. The van der Waals surface area contributed by atoms with Crippen molar-refractivity contribution < 1.29 is 14.3 Å². The van der Waals surface area contributed by atoms with E-state index >= 15 is 0 Å². The number of nitrogens with one attached hydrogen (secondary N) is 1. The van der Waals surface area contributed by atoms with Crippen molar-refractivity contribution in [3.8, 4) is 28.7 Å². The molecule has 1 N–H and O–H groups in total. The minimum atomic E-state index is -0.0806. The predicted molar refractivity (Wildman–Crippen MR) is 113 cm³/mol. The maximum absolute atomic E-state index is 10.7. The number of methoxy groups -OCH3 is 2. The maximum atomic E-state index is 10.7. The molecule has 0 aliphatic rings. The monoisotopic (exact) mass is 403 g/mol. The van der Waals surface area contributed by atoms with Crippen LogP contribution in [0.15, 0.2) is 55.0 Å². The van der Waals surface area contributed by atoms with Gasteiger partial charge in [-0.3, -0.25) is 9.36 Å². The molecule has 152 valence electrons. The van der Waals surface area contributed by atoms with E-state index in [-0.39, 0.29) is 12.1 Å². The maximum Gasteiger partial charge on any atom is 0.319 e. The van der Waals surface area contributed by atoms with Crippen molar-refractivity contribution in [1.82, 2.24) is 24.8 Å². The number of fused-ring (bicyclic) bond motifs is 1. The van der Waals surface area contributed by atoms with E-state index in [4.69, 9.17) is 9.47 Å². The van der Waals surface area contributed by atoms with Gasteiger partial charge in [0.2, 0.25) is 12.3 Å². The van der Waals surface area contributed by atoms with Crippen LogP contribution >= 0.6 is 0 Å². The van der Waals surface area contributed by atoms with Gasteiger partial charge in [0.15, 0.2) is 0 Å². The molecule has 8 heteroatoms. The van der Waals surface area contributed by atoms with Crippen LogP contribution in [0.5, 0.6) is 11.9 Å². The second-order valence-corrected chi connectivity index (χ2v) is 6.70. The minimum Gasteiger partial charge on any atom is -0.480 e. The zero-order chi connectivity index (χ0) is 21.1. The third kappa shape index (κ3) is 3.55. The van der Waals surface area contributed by atoms with E-state index < -0.39 is 0 Å². The van der Waals surface area contributed by atoms with Crippen LogP contribution in [0.25, 0.3) is 27.8 Å². The number of ether oxygens (including phenoxy) is 2. The summed E-state index contributed by atoms with van der Waals surface area (Å²) in [6, 6.07) is 14.1. The SMILES string of the molecule is COc1ncc(-c2cccc(-n3cnc4cc([C@H](C)NC=O)ccc43)c2)c(OC)n1. The van der Waals surface area contributed by atoms with E-state index in [1.54, 1.807) is 19.6 Å². The number of benzene rings is 2. The summed E-state index contributed by atoms with van der Waals surface area (Å²) in [5, 5.41) is 2.76. The van der Waals surface area contributed by atoms with E-state index in [0.29, 0.717) is 12.3 Å². The Morgan fingerprint density at radius 1 is 1.10 bits per heavy atom. The van der Waals surface area contributed by atoms with Gasteiger partial charge < -0.3 is 14.8 Å². The van der Waals surface area contributed by atoms with Crippen LogP contribution in [0.1, 0.15) is 18.5 Å². The largest absolute Gasteiger partial charge is 0.480 e. The van der Waals surface area contributed by atoms with Gasteiger partial charge in [0.25, 0.3) is 0 Å². The molecule has 2 aromatic carbocycles. The summed E-state index contributed by atoms with van der Waals surface area (Å²) in [4.78, 5) is 23.7. The van der Waals surface area contributed by atoms with E-state index in [1.165, 1.54) is 7.11 Å². The van der Waals surface area contributed by atoms with Crippen molar-refractivity contribution in [2.45, 2.75) is 13.0 Å². The molecule has 0 spiro atoms. The molecule has 0 saturated heterocycles. The second kappa shape index (κ2) is 8.20. The minimum absolute atomic E-state index is 0.0806. The summed E-state index contributed by atoms with van der Waals surface area (Å²) in [5.74, 6) is 0.441. The first kappa shape index (κ1) is 19.4. The van der Waals surface area contributed by atoms with Gasteiger partial charge in [-0.2, -0.15) is 4.98 Å². The summed E-state index contributed by atoms with van der Waals surface area (Å²) >= 11 is 0. The Labute approximate surface area is 173 Å². The lowest BCUT2D eigenvalue weighted by molar-refractivity contribution is -0.110. The zero-order valence-corrected chi connectivity index (χ0v) is 16.9. The first-order valence-corrected chi connectivity index (χ1v) is 9.37. The number of aromatic nitrogens is 4. The molecule has 0 aliphatic heterocycles. The van der Waals surface area contributed by atoms with Crippen molar-refractivity contribution in [3.05, 3.63) is 60.6 Å². The molecule has 4 rings (SSSR count). The fourth-order valence-corrected chi connectivity index (χ4v) is 3.33. The molecule has 0 aliphatic carbocycles. The Morgan fingerprint density at radius 3 is 2.73 bits per heavy atom. The Morgan fingerprint density at radius 2 is 1.97 bits per heavy atom. The molecule has 0 fully saturated rings. The highest BCUT2D eigenvalue weighted by Crippen LogP contribution is 2.31. The van der Waals surface area contributed by atoms with Gasteiger partial charge in [0.1, 0.15) is 6.33 Å². The van der Waals surface area contributed by atoms with Gasteiger partial charge in [-0.25, -0.2) is 9.97 Å². The van der Waals surface area contributed by atoms with Crippen LogP contribution in [0.2, 0.25) is 0 Å². The Kier molecular flexibility index (Phi) is 5.30. The van der Waals surface area contributed by atoms with Crippen molar-refractivity contribution in [1.29, 1.82) is 0 Å². The fourth-order valence-electron chi connectivity index (χ4n) is 3.33. The predicted octanol–water partition coefficient (Wildman–Crippen LogP) is 3.31. The van der Waals surface area contributed by atoms with Crippen LogP contribution in [-0.4, -0.2) is 40.1 Å². The molecule has 8 nitrogen and oxygen atoms in total. The van der Waals surface area contributed by atoms with Crippen LogP contribution in [-0.2, 0) is 4.79 Å². The van der Waals surface area contributed by atoms with Crippen molar-refractivity contribution in [3.63, 3.8) is 0 Å². The highest BCUT2D eigenvalue weighted by atomic mass is 16.5. The molecule has 1 atom stereocenters. The number of rotatable bonds is 7. The summed E-state index contributed by atoms with van der Waals surface area (Å²) in [6.45, 7) is 1.93. The second-order valence-electron chi connectivity index (χ2n) is 6.70. The van der Waals surface area contributed by atoms with Crippen molar-refractivity contribution >= 4 is 17.4 Å². The van der Waals surface area contributed by atoms with E-state index in [9.17, 15) is 4.79 Å². The number of carbonyl (C=O) groups is 1. The Bertz CT molecular complexity index is 1200. The lowest BCUT2D eigenvalue weighted by atomic mass is 10.1. The lowest BCUT2D eigenvalue weighted by Gasteiger charge is -2.12. The number of hydrogen-bond acceptors (Lipinski definition) is 6. The highest BCUT2D eigenvalue weighted by molar-refractivity contribution is 5.79. The van der Waals surface area contributed by atoms with Crippen molar-refractivity contribution in [2.75, 3.05) is 14.2 Å². The molecule has 0 radical (unpaired) electrons. The standard InChI is InChI=1S/C22H21N5O3/c1-14(25-13-28)15-7-8-20-19(10-15)24-12-27(20)17-6-4-5-16(9-17)18-11-23-22(30-3)26-21(18)29-2/h4-14H,1-3H3,(H,25,28)/t14-/m0/s1. The molecule has 1 amide bonds. The average molecular weight is 403 g/mol. The third-order valence-corrected chi connectivity index (χ3v) is 4.93. The first-order chi connectivity index (χ1) is 14.6. The van der Waals surface area contributed by atoms with E-state index in [2.05, 4.69) is 20.3 Å². The fraction of sp³-hybridized carbons (Fsp3) is 0.182.